The maximum Gasteiger partial charge on any atom is 0.0663 e. The van der Waals surface area contributed by atoms with Gasteiger partial charge in [0.2, 0.25) is 0 Å². The van der Waals surface area contributed by atoms with Crippen molar-refractivity contribution in [3.63, 3.8) is 0 Å². The van der Waals surface area contributed by atoms with Gasteiger partial charge in [0.15, 0.2) is 0 Å². The van der Waals surface area contributed by atoms with Crippen LogP contribution in [0.25, 0.3) is 0 Å². The normalized spacial score (nSPS) is 14.3. The highest BCUT2D eigenvalue weighted by Gasteiger charge is 2.16. The molecule has 1 aromatic rings. The minimum atomic E-state index is 0.00280. The van der Waals surface area contributed by atoms with E-state index in [9.17, 15) is 0 Å². The van der Waals surface area contributed by atoms with Crippen LogP contribution in [-0.2, 0) is 4.74 Å². The molecular weight excluding hydrogens is 248 g/mol. The van der Waals surface area contributed by atoms with Gasteiger partial charge in [0, 0.05) is 25.7 Å². The summed E-state index contributed by atoms with van der Waals surface area (Å²) in [7, 11) is 1.71. The maximum atomic E-state index is 6.35. The lowest BCUT2D eigenvalue weighted by Crippen LogP contribution is -2.36. The topological polar surface area (TPSA) is 38.5 Å². The molecule has 18 heavy (non-hydrogen) atoms. The summed E-state index contributed by atoms with van der Waals surface area (Å²) in [6, 6.07) is 6.32. The van der Waals surface area contributed by atoms with Crippen molar-refractivity contribution in [2.45, 2.75) is 32.9 Å². The van der Waals surface area contributed by atoms with Crippen LogP contribution in [0.3, 0.4) is 0 Å². The van der Waals surface area contributed by atoms with Crippen molar-refractivity contribution in [3.8, 4) is 0 Å². The monoisotopic (exact) mass is 270 g/mol. The molecule has 1 rings (SSSR count). The second-order valence-electron chi connectivity index (χ2n) is 4.59. The average Bonchev–Trinajstić information content (AvgIpc) is 2.32. The fraction of sp³-hybridized carbons (Fsp3) is 0.571. The number of hydrogen-bond acceptors (Lipinski definition) is 3. The number of nitrogens with two attached hydrogens (primary N) is 1. The Labute approximate surface area is 115 Å². The zero-order valence-corrected chi connectivity index (χ0v) is 12.4. The van der Waals surface area contributed by atoms with Gasteiger partial charge in [0.1, 0.15) is 0 Å². The van der Waals surface area contributed by atoms with Crippen LogP contribution < -0.4 is 10.6 Å². The van der Waals surface area contributed by atoms with E-state index in [0.717, 1.165) is 22.8 Å². The number of anilines is 1. The van der Waals surface area contributed by atoms with Crippen molar-refractivity contribution in [3.05, 3.63) is 28.8 Å². The zero-order chi connectivity index (χ0) is 13.7. The van der Waals surface area contributed by atoms with E-state index in [1.54, 1.807) is 7.11 Å². The Bertz CT molecular complexity index is 382. The van der Waals surface area contributed by atoms with Crippen molar-refractivity contribution in [2.24, 2.45) is 5.73 Å². The van der Waals surface area contributed by atoms with E-state index < -0.39 is 0 Å². The molecule has 0 aromatic heterocycles. The van der Waals surface area contributed by atoms with Crippen molar-refractivity contribution in [2.75, 3.05) is 25.2 Å². The van der Waals surface area contributed by atoms with Crippen molar-refractivity contribution >= 4 is 17.3 Å². The molecule has 4 heteroatoms. The number of nitrogens with zero attached hydrogens (tertiary/aromatic N) is 1. The number of methoxy groups -OCH3 is 1. The molecule has 2 unspecified atom stereocenters. The van der Waals surface area contributed by atoms with E-state index in [1.165, 1.54) is 0 Å². The van der Waals surface area contributed by atoms with Gasteiger partial charge in [0.25, 0.3) is 0 Å². The molecule has 0 amide bonds. The van der Waals surface area contributed by atoms with Gasteiger partial charge >= 0.3 is 0 Å². The second kappa shape index (κ2) is 6.98. The van der Waals surface area contributed by atoms with Crippen LogP contribution in [0.15, 0.2) is 18.2 Å². The van der Waals surface area contributed by atoms with Crippen LogP contribution in [-0.4, -0.2) is 26.3 Å². The lowest BCUT2D eigenvalue weighted by atomic mass is 10.1. The first-order valence-electron chi connectivity index (χ1n) is 6.31. The van der Waals surface area contributed by atoms with Gasteiger partial charge in [-0.3, -0.25) is 0 Å². The molecule has 0 aliphatic carbocycles. The van der Waals surface area contributed by atoms with Gasteiger partial charge in [-0.1, -0.05) is 17.7 Å². The van der Waals surface area contributed by atoms with Crippen molar-refractivity contribution < 1.29 is 4.74 Å². The molecule has 0 saturated carbocycles. The van der Waals surface area contributed by atoms with Crippen LogP contribution >= 0.6 is 11.6 Å². The number of benzene rings is 1. The van der Waals surface area contributed by atoms with Crippen molar-refractivity contribution in [1.82, 2.24) is 0 Å². The number of likely N-dealkylation sites (N-methyl/N-ethyl adjacent to an activating group) is 1. The molecule has 2 atom stereocenters. The fourth-order valence-corrected chi connectivity index (χ4v) is 2.39. The van der Waals surface area contributed by atoms with Gasteiger partial charge in [0.05, 0.1) is 17.3 Å². The number of ether oxygens (including phenoxy) is 1. The van der Waals surface area contributed by atoms with Crippen LogP contribution in [0.4, 0.5) is 5.69 Å². The average molecular weight is 271 g/mol. The largest absolute Gasteiger partial charge is 0.383 e. The first-order valence-corrected chi connectivity index (χ1v) is 6.69. The number of hydrogen-bond donors (Lipinski definition) is 1. The Balaban J connectivity index is 2.99. The molecule has 1 aromatic carbocycles. The summed E-state index contributed by atoms with van der Waals surface area (Å²) in [5, 5.41) is 0.745. The van der Waals surface area contributed by atoms with E-state index in [1.807, 2.05) is 25.1 Å². The Kier molecular flexibility index (Phi) is 5.93. The second-order valence-corrected chi connectivity index (χ2v) is 5.00. The summed E-state index contributed by atoms with van der Waals surface area (Å²) in [4.78, 5) is 2.23. The van der Waals surface area contributed by atoms with Gasteiger partial charge in [-0.15, -0.1) is 0 Å². The Morgan fingerprint density at radius 3 is 2.50 bits per heavy atom. The van der Waals surface area contributed by atoms with E-state index in [-0.39, 0.29) is 6.04 Å². The summed E-state index contributed by atoms with van der Waals surface area (Å²) in [5.74, 6) is 0. The third-order valence-corrected chi connectivity index (χ3v) is 3.39. The summed E-state index contributed by atoms with van der Waals surface area (Å²) >= 11 is 6.35. The lowest BCUT2D eigenvalue weighted by Gasteiger charge is -2.30. The Hall–Kier alpha value is -0.770. The first-order chi connectivity index (χ1) is 8.51. The van der Waals surface area contributed by atoms with Crippen LogP contribution in [0.5, 0.6) is 0 Å². The van der Waals surface area contributed by atoms with Crippen LogP contribution in [0, 0.1) is 0 Å². The molecule has 2 N–H and O–H groups in total. The standard InChI is InChI=1S/C14H23ClN2O/c1-5-17(10(2)9-18-4)14-7-6-12(11(3)16)8-13(14)15/h6-8,10-11H,5,9,16H2,1-4H3. The minimum Gasteiger partial charge on any atom is -0.383 e. The summed E-state index contributed by atoms with van der Waals surface area (Å²) in [6.45, 7) is 7.77. The highest BCUT2D eigenvalue weighted by Crippen LogP contribution is 2.29. The summed E-state index contributed by atoms with van der Waals surface area (Å²) < 4.78 is 5.20. The molecule has 0 heterocycles. The van der Waals surface area contributed by atoms with E-state index in [2.05, 4.69) is 18.7 Å². The number of rotatable bonds is 6. The zero-order valence-electron chi connectivity index (χ0n) is 11.6. The van der Waals surface area contributed by atoms with Gasteiger partial charge in [-0.05, 0) is 38.5 Å². The smallest absolute Gasteiger partial charge is 0.0663 e. The third kappa shape index (κ3) is 3.61. The lowest BCUT2D eigenvalue weighted by molar-refractivity contribution is 0.182. The van der Waals surface area contributed by atoms with Gasteiger partial charge < -0.3 is 15.4 Å². The van der Waals surface area contributed by atoms with Gasteiger partial charge in [-0.25, -0.2) is 0 Å². The highest BCUT2D eigenvalue weighted by molar-refractivity contribution is 6.33. The number of halogens is 1. The molecule has 0 bridgehead atoms. The predicted molar refractivity (Wildman–Crippen MR) is 78.4 cm³/mol. The molecule has 0 fully saturated rings. The van der Waals surface area contributed by atoms with Crippen molar-refractivity contribution in [1.29, 1.82) is 0 Å². The SMILES string of the molecule is CCN(c1ccc(C(C)N)cc1Cl)C(C)COC. The van der Waals surface area contributed by atoms with Crippen LogP contribution in [0.1, 0.15) is 32.4 Å². The van der Waals surface area contributed by atoms with Gasteiger partial charge in [-0.2, -0.15) is 0 Å². The molecule has 0 saturated heterocycles. The predicted octanol–water partition coefficient (Wildman–Crippen LogP) is 3.22. The van der Waals surface area contributed by atoms with Crippen LogP contribution in [0.2, 0.25) is 5.02 Å². The molecule has 3 nitrogen and oxygen atoms in total. The summed E-state index contributed by atoms with van der Waals surface area (Å²) in [6.07, 6.45) is 0. The molecule has 0 spiro atoms. The van der Waals surface area contributed by atoms with E-state index in [4.69, 9.17) is 22.1 Å². The van der Waals surface area contributed by atoms with E-state index >= 15 is 0 Å². The fourth-order valence-electron chi connectivity index (χ4n) is 2.09. The molecule has 102 valence electrons. The first kappa shape index (κ1) is 15.3. The summed E-state index contributed by atoms with van der Waals surface area (Å²) in [5.41, 5.74) is 7.95. The highest BCUT2D eigenvalue weighted by atomic mass is 35.5. The Morgan fingerprint density at radius 1 is 1.39 bits per heavy atom. The molecular formula is C14H23ClN2O. The third-order valence-electron chi connectivity index (χ3n) is 3.09. The molecule has 0 aliphatic heterocycles. The minimum absolute atomic E-state index is 0.00280. The molecule has 0 aliphatic rings. The molecule has 0 radical (unpaired) electrons. The maximum absolute atomic E-state index is 6.35. The van der Waals surface area contributed by atoms with E-state index in [0.29, 0.717) is 12.6 Å². The Morgan fingerprint density at radius 2 is 2.06 bits per heavy atom. The quantitative estimate of drug-likeness (QED) is 0.863.